The molecule has 1 heterocycles. The first-order valence-electron chi connectivity index (χ1n) is 12.5. The minimum Gasteiger partial charge on any atom is -0.392 e. The first-order valence-corrected chi connectivity index (χ1v) is 12.5. The molecule has 2 aromatic rings. The van der Waals surface area contributed by atoms with Crippen molar-refractivity contribution in [1.82, 2.24) is 15.6 Å². The summed E-state index contributed by atoms with van der Waals surface area (Å²) in [5, 5.41) is 17.8. The molecule has 1 unspecified atom stereocenters. The molecule has 6 heteroatoms. The van der Waals surface area contributed by atoms with Gasteiger partial charge in [-0.25, -0.2) is 0 Å². The molecule has 3 N–H and O–H groups in total. The fourth-order valence-electron chi connectivity index (χ4n) is 6.39. The van der Waals surface area contributed by atoms with Gasteiger partial charge in [0.05, 0.1) is 6.10 Å². The lowest BCUT2D eigenvalue weighted by molar-refractivity contribution is -0.142. The monoisotopic (exact) mass is 463 g/mol. The van der Waals surface area contributed by atoms with E-state index in [1.165, 1.54) is 0 Å². The lowest BCUT2D eigenvalue weighted by Crippen LogP contribution is -2.58. The van der Waals surface area contributed by atoms with Gasteiger partial charge in [0, 0.05) is 36.5 Å². The van der Waals surface area contributed by atoms with Crippen LogP contribution in [0.5, 0.6) is 0 Å². The van der Waals surface area contributed by atoms with Crippen molar-refractivity contribution in [2.45, 2.75) is 65.1 Å². The maximum absolute atomic E-state index is 13.0. The Morgan fingerprint density at radius 2 is 1.79 bits per heavy atom. The lowest BCUT2D eigenvalue weighted by Gasteiger charge is -2.56. The van der Waals surface area contributed by atoms with Gasteiger partial charge in [-0.15, -0.1) is 0 Å². The number of benzene rings is 1. The number of nitrogens with one attached hydrogen (secondary N) is 2. The lowest BCUT2D eigenvalue weighted by atomic mass is 9.51. The summed E-state index contributed by atoms with van der Waals surface area (Å²) < 4.78 is 0. The van der Waals surface area contributed by atoms with E-state index in [4.69, 9.17) is 0 Å². The van der Waals surface area contributed by atoms with Crippen LogP contribution in [-0.2, 0) is 11.3 Å². The number of hydrogen-bond donors (Lipinski definition) is 3. The summed E-state index contributed by atoms with van der Waals surface area (Å²) in [7, 11) is 0. The maximum atomic E-state index is 13.0. The van der Waals surface area contributed by atoms with E-state index in [1.54, 1.807) is 24.5 Å². The summed E-state index contributed by atoms with van der Waals surface area (Å²) >= 11 is 0. The average molecular weight is 464 g/mol. The van der Waals surface area contributed by atoms with E-state index in [2.05, 4.69) is 29.5 Å². The molecule has 1 aromatic heterocycles. The molecule has 7 atom stereocenters. The van der Waals surface area contributed by atoms with Crippen molar-refractivity contribution in [1.29, 1.82) is 0 Å². The highest BCUT2D eigenvalue weighted by Gasteiger charge is 2.53. The van der Waals surface area contributed by atoms with E-state index in [-0.39, 0.29) is 46.9 Å². The van der Waals surface area contributed by atoms with Crippen LogP contribution in [-0.4, -0.2) is 34.1 Å². The number of aliphatic hydroxyl groups is 1. The highest BCUT2D eigenvalue weighted by atomic mass is 16.3. The van der Waals surface area contributed by atoms with Gasteiger partial charge in [-0.1, -0.05) is 51.1 Å². The van der Waals surface area contributed by atoms with Gasteiger partial charge < -0.3 is 15.7 Å². The number of pyridine rings is 1. The molecule has 182 valence electrons. The largest absolute Gasteiger partial charge is 0.392 e. The second-order valence-corrected chi connectivity index (χ2v) is 10.6. The van der Waals surface area contributed by atoms with Gasteiger partial charge in [0.1, 0.15) is 0 Å². The van der Waals surface area contributed by atoms with Crippen LogP contribution in [0.3, 0.4) is 0 Å². The maximum Gasteiger partial charge on any atom is 0.251 e. The Hall–Kier alpha value is -2.73. The Kier molecular flexibility index (Phi) is 7.36. The van der Waals surface area contributed by atoms with E-state index in [0.717, 1.165) is 31.2 Å². The van der Waals surface area contributed by atoms with Crippen molar-refractivity contribution in [3.63, 3.8) is 0 Å². The highest BCUT2D eigenvalue weighted by molar-refractivity contribution is 5.94. The van der Waals surface area contributed by atoms with Crippen LogP contribution in [0.4, 0.5) is 0 Å². The quantitative estimate of drug-likeness (QED) is 0.605. The molecule has 1 aromatic carbocycles. The Morgan fingerprint density at radius 3 is 2.50 bits per heavy atom. The van der Waals surface area contributed by atoms with Crippen molar-refractivity contribution in [2.24, 2.45) is 29.1 Å². The zero-order chi connectivity index (χ0) is 24.3. The third kappa shape index (κ3) is 5.02. The Morgan fingerprint density at radius 1 is 1.12 bits per heavy atom. The summed E-state index contributed by atoms with van der Waals surface area (Å²) in [6.07, 6.45) is 6.36. The zero-order valence-electron chi connectivity index (χ0n) is 20.4. The van der Waals surface area contributed by atoms with E-state index < -0.39 is 6.10 Å². The Bertz CT molecular complexity index is 983. The fourth-order valence-corrected chi connectivity index (χ4v) is 6.39. The predicted molar refractivity (Wildman–Crippen MR) is 132 cm³/mol. The minimum absolute atomic E-state index is 0.00523. The Labute approximate surface area is 202 Å². The van der Waals surface area contributed by atoms with Crippen LogP contribution in [0.15, 0.2) is 54.9 Å². The predicted octanol–water partition coefficient (Wildman–Crippen LogP) is 3.96. The van der Waals surface area contributed by atoms with Crippen molar-refractivity contribution in [2.75, 3.05) is 0 Å². The van der Waals surface area contributed by atoms with Gasteiger partial charge >= 0.3 is 0 Å². The van der Waals surface area contributed by atoms with E-state index >= 15 is 0 Å². The van der Waals surface area contributed by atoms with Crippen molar-refractivity contribution >= 4 is 11.8 Å². The third-order valence-corrected chi connectivity index (χ3v) is 8.51. The van der Waals surface area contributed by atoms with Gasteiger partial charge in [-0.05, 0) is 66.5 Å². The van der Waals surface area contributed by atoms with Gasteiger partial charge in [-0.3, -0.25) is 14.6 Å². The number of fused-ring (bicyclic) bond motifs is 1. The third-order valence-electron chi connectivity index (χ3n) is 8.51. The van der Waals surface area contributed by atoms with Crippen molar-refractivity contribution in [3.05, 3.63) is 66.0 Å². The number of carbonyl (C=O) groups is 2. The average Bonchev–Trinajstić information content (AvgIpc) is 2.85. The minimum atomic E-state index is -0.577. The first kappa shape index (κ1) is 24.4. The van der Waals surface area contributed by atoms with Crippen LogP contribution in [0.2, 0.25) is 0 Å². The number of aromatic nitrogens is 1. The molecule has 2 fully saturated rings. The summed E-state index contributed by atoms with van der Waals surface area (Å²) in [6.45, 7) is 6.85. The van der Waals surface area contributed by atoms with Gasteiger partial charge in [0.2, 0.25) is 5.91 Å². The Balaban J connectivity index is 1.42. The fraction of sp³-hybridized carbons (Fsp3) is 0.536. The van der Waals surface area contributed by atoms with Gasteiger partial charge in [0.25, 0.3) is 5.91 Å². The van der Waals surface area contributed by atoms with Crippen molar-refractivity contribution < 1.29 is 14.7 Å². The number of aliphatic hydroxyl groups excluding tert-OH is 1. The molecule has 34 heavy (non-hydrogen) atoms. The molecule has 0 bridgehead atoms. The van der Waals surface area contributed by atoms with Crippen LogP contribution < -0.4 is 10.6 Å². The molecule has 0 radical (unpaired) electrons. The van der Waals surface area contributed by atoms with Crippen LogP contribution in [0.25, 0.3) is 0 Å². The topological polar surface area (TPSA) is 91.3 Å². The second-order valence-electron chi connectivity index (χ2n) is 10.6. The first-order chi connectivity index (χ1) is 16.3. The number of rotatable bonds is 6. The normalized spacial score (nSPS) is 31.7. The molecule has 4 rings (SSSR count). The summed E-state index contributed by atoms with van der Waals surface area (Å²) in [5.41, 5.74) is 1.68. The standard InChI is InChI=1S/C28H37N3O3/c1-18(26(33)30-17-20-7-5-4-6-8-20)22-9-13-28(3)14-10-23(19(2)24(28)25(22)32)31-27(34)21-11-15-29-16-12-21/h4-8,11-12,15-16,18-19,22-25,32H,9-10,13-14,17H2,1-3H3,(H,30,33)(H,31,34)/t18-,19+,22?,23-,24+,25-,28-/m0/s1. The van der Waals surface area contributed by atoms with Gasteiger partial charge in [0.15, 0.2) is 0 Å². The second kappa shape index (κ2) is 10.3. The number of hydrogen-bond acceptors (Lipinski definition) is 4. The highest BCUT2D eigenvalue weighted by Crippen LogP contribution is 2.55. The number of carbonyl (C=O) groups excluding carboxylic acids is 2. The van der Waals surface area contributed by atoms with Gasteiger partial charge in [-0.2, -0.15) is 0 Å². The summed E-state index contributed by atoms with van der Waals surface area (Å²) in [5.74, 6) is -0.330. The SMILES string of the molecule is C[C@H]1[C@@H]2[C@@H](O)C([C@H](C)C(=O)NCc3ccccc3)CC[C@@]2(C)CC[C@@H]1NC(=O)c1ccncc1. The molecular weight excluding hydrogens is 426 g/mol. The zero-order valence-corrected chi connectivity index (χ0v) is 20.4. The van der Waals surface area contributed by atoms with E-state index in [9.17, 15) is 14.7 Å². The molecular formula is C28H37N3O3. The number of nitrogens with zero attached hydrogens (tertiary/aromatic N) is 1. The summed E-state index contributed by atoms with van der Waals surface area (Å²) in [4.78, 5) is 29.7. The molecule has 0 saturated heterocycles. The summed E-state index contributed by atoms with van der Waals surface area (Å²) in [6, 6.07) is 13.3. The number of amides is 2. The van der Waals surface area contributed by atoms with E-state index in [1.807, 2.05) is 37.3 Å². The molecule has 2 saturated carbocycles. The molecule has 6 nitrogen and oxygen atoms in total. The van der Waals surface area contributed by atoms with E-state index in [0.29, 0.717) is 12.1 Å². The molecule has 0 aliphatic heterocycles. The molecule has 2 aliphatic rings. The van der Waals surface area contributed by atoms with Crippen LogP contribution >= 0.6 is 0 Å². The molecule has 2 aliphatic carbocycles. The molecule has 2 amide bonds. The van der Waals surface area contributed by atoms with Crippen LogP contribution in [0, 0.1) is 29.1 Å². The smallest absolute Gasteiger partial charge is 0.251 e. The van der Waals surface area contributed by atoms with Crippen molar-refractivity contribution in [3.8, 4) is 0 Å². The van der Waals surface area contributed by atoms with Crippen LogP contribution in [0.1, 0.15) is 62.4 Å². The molecule has 0 spiro atoms.